The van der Waals surface area contributed by atoms with Crippen LogP contribution in [0.1, 0.15) is 80.6 Å². The van der Waals surface area contributed by atoms with Gasteiger partial charge in [0.05, 0.1) is 26.4 Å². The van der Waals surface area contributed by atoms with Gasteiger partial charge in [-0.2, -0.15) is 0 Å². The van der Waals surface area contributed by atoms with Crippen LogP contribution in [0.5, 0.6) is 0 Å². The molecule has 0 spiro atoms. The summed E-state index contributed by atoms with van der Waals surface area (Å²) in [5, 5.41) is 0. The van der Waals surface area contributed by atoms with Crippen LogP contribution in [0.4, 0.5) is 0 Å². The average Bonchev–Trinajstić information content (AvgIpc) is 3.17. The average molecular weight is 483 g/mol. The Bertz CT molecular complexity index is 714. The molecular formula is C26H42O8. The molecule has 1 aliphatic rings. The van der Waals surface area contributed by atoms with E-state index in [1.54, 1.807) is 34.6 Å². The predicted molar refractivity (Wildman–Crippen MR) is 129 cm³/mol. The van der Waals surface area contributed by atoms with Gasteiger partial charge in [0.2, 0.25) is 0 Å². The molecule has 0 aliphatic heterocycles. The zero-order valence-electron chi connectivity index (χ0n) is 21.9. The van der Waals surface area contributed by atoms with Gasteiger partial charge >= 0.3 is 23.9 Å². The molecule has 1 rings (SSSR count). The maximum absolute atomic E-state index is 12.1. The van der Waals surface area contributed by atoms with Gasteiger partial charge in [-0.25, -0.2) is 0 Å². The molecule has 0 atom stereocenters. The Morgan fingerprint density at radius 1 is 0.882 bits per heavy atom. The third-order valence-electron chi connectivity index (χ3n) is 5.32. The van der Waals surface area contributed by atoms with Crippen molar-refractivity contribution in [2.75, 3.05) is 26.4 Å². The molecule has 0 aromatic rings. The van der Waals surface area contributed by atoms with Crippen molar-refractivity contribution >= 4 is 23.9 Å². The molecule has 0 heterocycles. The van der Waals surface area contributed by atoms with E-state index in [0.717, 1.165) is 11.1 Å². The number of esters is 4. The van der Waals surface area contributed by atoms with Gasteiger partial charge in [0.25, 0.3) is 0 Å². The Morgan fingerprint density at radius 2 is 1.32 bits per heavy atom. The summed E-state index contributed by atoms with van der Waals surface area (Å²) >= 11 is 0. The van der Waals surface area contributed by atoms with Gasteiger partial charge in [0.15, 0.2) is 10.8 Å². The molecule has 0 saturated heterocycles. The second-order valence-corrected chi connectivity index (χ2v) is 8.36. The fraction of sp³-hybridized carbons (Fsp3) is 0.692. The summed E-state index contributed by atoms with van der Waals surface area (Å²) in [5.74, 6) is -1.95. The van der Waals surface area contributed by atoms with Crippen LogP contribution in [0, 0.1) is 10.8 Å². The van der Waals surface area contributed by atoms with Gasteiger partial charge in [-0.1, -0.05) is 30.6 Å². The van der Waals surface area contributed by atoms with Crippen molar-refractivity contribution in [3.8, 4) is 0 Å². The first kappa shape index (κ1) is 31.4. The van der Waals surface area contributed by atoms with E-state index in [-0.39, 0.29) is 32.8 Å². The fourth-order valence-corrected chi connectivity index (χ4v) is 3.90. The Morgan fingerprint density at radius 3 is 1.62 bits per heavy atom. The minimum Gasteiger partial charge on any atom is -0.465 e. The molecule has 1 aliphatic carbocycles. The predicted octanol–water partition coefficient (Wildman–Crippen LogP) is 4.70. The fourth-order valence-electron chi connectivity index (χ4n) is 3.90. The number of ether oxygens (including phenoxy) is 4. The number of hydrogen-bond acceptors (Lipinski definition) is 8. The molecule has 8 nitrogen and oxygen atoms in total. The summed E-state index contributed by atoms with van der Waals surface area (Å²) in [7, 11) is 0. The van der Waals surface area contributed by atoms with E-state index in [1.165, 1.54) is 0 Å². The van der Waals surface area contributed by atoms with E-state index >= 15 is 0 Å². The maximum atomic E-state index is 12.1. The zero-order chi connectivity index (χ0) is 26.4. The zero-order valence-corrected chi connectivity index (χ0v) is 21.9. The molecule has 0 radical (unpaired) electrons. The lowest BCUT2D eigenvalue weighted by molar-refractivity contribution is -0.173. The molecule has 194 valence electrons. The summed E-state index contributed by atoms with van der Waals surface area (Å²) < 4.78 is 20.0. The van der Waals surface area contributed by atoms with Gasteiger partial charge in [0.1, 0.15) is 0 Å². The summed E-state index contributed by atoms with van der Waals surface area (Å²) in [4.78, 5) is 48.0. The van der Waals surface area contributed by atoms with Crippen LogP contribution in [0.15, 0.2) is 23.8 Å². The number of carbonyl (C=O) groups is 4. The Kier molecular flexibility index (Phi) is 14.1. The molecule has 0 N–H and O–H groups in total. The molecule has 0 saturated carbocycles. The van der Waals surface area contributed by atoms with E-state index in [9.17, 15) is 19.2 Å². The van der Waals surface area contributed by atoms with Crippen molar-refractivity contribution in [3.63, 3.8) is 0 Å². The van der Waals surface area contributed by atoms with E-state index in [0.29, 0.717) is 25.7 Å². The third-order valence-corrected chi connectivity index (χ3v) is 5.32. The third kappa shape index (κ3) is 8.29. The van der Waals surface area contributed by atoms with Crippen LogP contribution in [0.25, 0.3) is 0 Å². The van der Waals surface area contributed by atoms with Crippen LogP contribution in [-0.2, 0) is 38.1 Å². The molecule has 0 aromatic heterocycles. The second kappa shape index (κ2) is 15.3. The van der Waals surface area contributed by atoms with Crippen LogP contribution in [-0.4, -0.2) is 50.3 Å². The van der Waals surface area contributed by atoms with Crippen molar-refractivity contribution in [2.24, 2.45) is 10.8 Å². The largest absolute Gasteiger partial charge is 0.465 e. The standard InChI is InChI=1S/C14H24O4.C12H18O4/c1-6-9-14(10-11(4)5,12(15)17-7-2)13(16)18-8-3;1-4-15-10(13)12(11(14)16-5-2)7-6-9(3)8-12/h4,6-10H2,1-3,5H3;6H,4-5,7-8H2,1-3H3. The molecule has 0 fully saturated rings. The van der Waals surface area contributed by atoms with Crippen molar-refractivity contribution in [2.45, 2.75) is 80.6 Å². The summed E-state index contributed by atoms with van der Waals surface area (Å²) in [6, 6.07) is 0. The van der Waals surface area contributed by atoms with E-state index in [1.807, 2.05) is 19.9 Å². The topological polar surface area (TPSA) is 105 Å². The first-order valence-electron chi connectivity index (χ1n) is 12.0. The highest BCUT2D eigenvalue weighted by molar-refractivity contribution is 6.01. The molecule has 34 heavy (non-hydrogen) atoms. The van der Waals surface area contributed by atoms with Gasteiger partial charge in [-0.15, -0.1) is 6.58 Å². The first-order chi connectivity index (χ1) is 16.0. The second-order valence-electron chi connectivity index (χ2n) is 8.36. The molecular weight excluding hydrogens is 440 g/mol. The van der Waals surface area contributed by atoms with Crippen LogP contribution >= 0.6 is 0 Å². The lowest BCUT2D eigenvalue weighted by Gasteiger charge is -2.29. The van der Waals surface area contributed by atoms with Crippen LogP contribution < -0.4 is 0 Å². The lowest BCUT2D eigenvalue weighted by atomic mass is 9.78. The number of carbonyl (C=O) groups excluding carboxylic acids is 4. The first-order valence-corrected chi connectivity index (χ1v) is 12.0. The Balaban J connectivity index is 0.000000644. The van der Waals surface area contributed by atoms with Gasteiger partial charge in [-0.3, -0.25) is 19.2 Å². The van der Waals surface area contributed by atoms with Gasteiger partial charge < -0.3 is 18.9 Å². The maximum Gasteiger partial charge on any atom is 0.324 e. The molecule has 8 heteroatoms. The smallest absolute Gasteiger partial charge is 0.324 e. The number of hydrogen-bond donors (Lipinski definition) is 0. The van der Waals surface area contributed by atoms with Crippen LogP contribution in [0.3, 0.4) is 0 Å². The van der Waals surface area contributed by atoms with Crippen molar-refractivity contribution in [1.29, 1.82) is 0 Å². The highest BCUT2D eigenvalue weighted by Crippen LogP contribution is 2.40. The van der Waals surface area contributed by atoms with E-state index < -0.39 is 34.7 Å². The SMILES string of the molecule is C=C(C)CC(CCC)(C(=O)OCC)C(=O)OCC.CCOC(=O)C1(C(=O)OCC)CC=C(C)C1. The Hall–Kier alpha value is -2.64. The number of allylic oxidation sites excluding steroid dienone is 3. The normalized spacial score (nSPS) is 14.1. The van der Waals surface area contributed by atoms with Crippen molar-refractivity contribution in [3.05, 3.63) is 23.8 Å². The van der Waals surface area contributed by atoms with Crippen molar-refractivity contribution < 1.29 is 38.1 Å². The van der Waals surface area contributed by atoms with Crippen molar-refractivity contribution in [1.82, 2.24) is 0 Å². The minimum absolute atomic E-state index is 0.250. The quantitative estimate of drug-likeness (QED) is 0.170. The van der Waals surface area contributed by atoms with E-state index in [4.69, 9.17) is 18.9 Å². The van der Waals surface area contributed by atoms with Crippen LogP contribution in [0.2, 0.25) is 0 Å². The lowest BCUT2D eigenvalue weighted by Crippen LogP contribution is -2.42. The summed E-state index contributed by atoms with van der Waals surface area (Å²) in [6.07, 6.45) is 4.08. The van der Waals surface area contributed by atoms with Gasteiger partial charge in [-0.05, 0) is 67.2 Å². The summed E-state index contributed by atoms with van der Waals surface area (Å²) in [5.41, 5.74) is -0.562. The Labute approximate surface area is 204 Å². The summed E-state index contributed by atoms with van der Waals surface area (Å²) in [6.45, 7) is 17.4. The monoisotopic (exact) mass is 482 g/mol. The highest BCUT2D eigenvalue weighted by atomic mass is 16.6. The van der Waals surface area contributed by atoms with E-state index in [2.05, 4.69) is 6.58 Å². The minimum atomic E-state index is -1.23. The molecule has 0 aromatic carbocycles. The number of rotatable bonds is 12. The highest BCUT2D eigenvalue weighted by Gasteiger charge is 2.50. The van der Waals surface area contributed by atoms with Gasteiger partial charge in [0, 0.05) is 0 Å². The molecule has 0 unspecified atom stereocenters. The molecule has 0 amide bonds. The molecule has 0 bridgehead atoms.